The number of hydrogen-bond donors (Lipinski definition) is 6. The lowest BCUT2D eigenvalue weighted by Crippen LogP contribution is -2.04. The highest BCUT2D eigenvalue weighted by Gasteiger charge is 1.94. The van der Waals surface area contributed by atoms with Crippen LogP contribution in [-0.2, 0) is 10.4 Å². The van der Waals surface area contributed by atoms with Crippen LogP contribution in [-0.4, -0.2) is 32.5 Å². The molecule has 3 heterocycles. The molecule has 0 atom stereocenters. The standard InChI is InChI=1S/C8H7N3O.C5H7N3.H2O4S/c9-6-3-1-5-2-4-7(12)11-8(5)10-6;6-4-2-1-3-5(7)8-4;1-5(2,3)4/h1-4H,(H3,9,10,11,12);1-3H,(H4,6,7,8);(H2,1,2,3,4). The summed E-state index contributed by atoms with van der Waals surface area (Å²) >= 11 is 0. The Labute approximate surface area is 142 Å². The van der Waals surface area contributed by atoms with Gasteiger partial charge < -0.3 is 22.2 Å². The predicted octanol–water partition coefficient (Wildman–Crippen LogP) is 0.0985. The number of aromatic amines is 1. The fourth-order valence-corrected chi connectivity index (χ4v) is 1.51. The minimum absolute atomic E-state index is 0.166. The Hall–Kier alpha value is -3.22. The molecule has 0 unspecified atom stereocenters. The van der Waals surface area contributed by atoms with Gasteiger partial charge in [0.2, 0.25) is 5.56 Å². The summed E-state index contributed by atoms with van der Waals surface area (Å²) in [6.07, 6.45) is 0. The molecule has 0 amide bonds. The topological polar surface area (TPSA) is 211 Å². The van der Waals surface area contributed by atoms with Crippen LogP contribution in [0.3, 0.4) is 0 Å². The van der Waals surface area contributed by atoms with Gasteiger partial charge in [0, 0.05) is 11.5 Å². The molecule has 0 bridgehead atoms. The third-order valence-electron chi connectivity index (χ3n) is 2.40. The van der Waals surface area contributed by atoms with Crippen molar-refractivity contribution in [3.05, 3.63) is 52.8 Å². The van der Waals surface area contributed by atoms with Crippen LogP contribution in [0.5, 0.6) is 0 Å². The van der Waals surface area contributed by atoms with Crippen molar-refractivity contribution in [2.45, 2.75) is 0 Å². The van der Waals surface area contributed by atoms with Gasteiger partial charge in [0.25, 0.3) is 0 Å². The number of anilines is 3. The van der Waals surface area contributed by atoms with E-state index < -0.39 is 10.4 Å². The van der Waals surface area contributed by atoms with E-state index in [-0.39, 0.29) is 5.56 Å². The monoisotopic (exact) mass is 368 g/mol. The van der Waals surface area contributed by atoms with Crippen molar-refractivity contribution in [2.24, 2.45) is 0 Å². The van der Waals surface area contributed by atoms with E-state index in [0.717, 1.165) is 5.39 Å². The maximum Gasteiger partial charge on any atom is 0.394 e. The molecule has 9 N–H and O–H groups in total. The number of H-pyrrole nitrogens is 1. The van der Waals surface area contributed by atoms with Crippen LogP contribution < -0.4 is 22.8 Å². The smallest absolute Gasteiger partial charge is 0.384 e. The molecule has 0 saturated heterocycles. The van der Waals surface area contributed by atoms with Crippen LogP contribution in [0.4, 0.5) is 17.5 Å². The third kappa shape index (κ3) is 8.85. The molecule has 12 heteroatoms. The molecule has 0 aliphatic carbocycles. The molecular formula is C13H16N6O5S. The lowest BCUT2D eigenvalue weighted by molar-refractivity contribution is 0.381. The van der Waals surface area contributed by atoms with E-state index in [0.29, 0.717) is 23.1 Å². The van der Waals surface area contributed by atoms with Crippen LogP contribution in [0.1, 0.15) is 0 Å². The molecule has 25 heavy (non-hydrogen) atoms. The van der Waals surface area contributed by atoms with Gasteiger partial charge in [0.15, 0.2) is 0 Å². The zero-order valence-corrected chi connectivity index (χ0v) is 13.5. The average molecular weight is 368 g/mol. The van der Waals surface area contributed by atoms with Gasteiger partial charge >= 0.3 is 10.4 Å². The SMILES string of the molecule is Nc1ccc2ccc(=O)[nH]c2n1.Nc1cccc(N)n1.O=S(=O)(O)O. The molecule has 0 aliphatic heterocycles. The molecule has 0 fully saturated rings. The van der Waals surface area contributed by atoms with Gasteiger partial charge in [-0.25, -0.2) is 9.97 Å². The van der Waals surface area contributed by atoms with E-state index in [9.17, 15) is 4.79 Å². The number of hydrogen-bond acceptors (Lipinski definition) is 8. The van der Waals surface area contributed by atoms with Gasteiger partial charge in [-0.05, 0) is 30.3 Å². The van der Waals surface area contributed by atoms with Crippen LogP contribution in [0.2, 0.25) is 0 Å². The molecule has 3 aromatic heterocycles. The summed E-state index contributed by atoms with van der Waals surface area (Å²) in [5.41, 5.74) is 16.3. The fraction of sp³-hybridized carbons (Fsp3) is 0. The lowest BCUT2D eigenvalue weighted by atomic mass is 10.3. The van der Waals surface area contributed by atoms with E-state index >= 15 is 0 Å². The number of nitrogens with zero attached hydrogens (tertiary/aromatic N) is 2. The molecule has 134 valence electrons. The molecule has 0 saturated carbocycles. The zero-order chi connectivity index (χ0) is 19.0. The number of nitrogens with one attached hydrogen (secondary N) is 1. The average Bonchev–Trinajstić information content (AvgIpc) is 2.45. The minimum atomic E-state index is -4.67. The Kier molecular flexibility index (Phi) is 6.81. The predicted molar refractivity (Wildman–Crippen MR) is 94.0 cm³/mol. The highest BCUT2D eigenvalue weighted by Crippen LogP contribution is 2.07. The summed E-state index contributed by atoms with van der Waals surface area (Å²) in [5.74, 6) is 1.33. The van der Waals surface area contributed by atoms with Gasteiger partial charge in [-0.15, -0.1) is 0 Å². The molecule has 0 radical (unpaired) electrons. The van der Waals surface area contributed by atoms with Gasteiger partial charge in [-0.3, -0.25) is 13.9 Å². The molecule has 3 aromatic rings. The first-order valence-electron chi connectivity index (χ1n) is 6.48. The molecule has 11 nitrogen and oxygen atoms in total. The summed E-state index contributed by atoms with van der Waals surface area (Å²) in [5, 5.41) is 0.879. The second kappa shape index (κ2) is 8.58. The number of nitrogens with two attached hydrogens (primary N) is 3. The molecule has 0 spiro atoms. The fourth-order valence-electron chi connectivity index (χ4n) is 1.51. The van der Waals surface area contributed by atoms with Gasteiger partial charge in [0.1, 0.15) is 23.1 Å². The van der Waals surface area contributed by atoms with Crippen molar-refractivity contribution in [1.29, 1.82) is 0 Å². The highest BCUT2D eigenvalue weighted by atomic mass is 32.3. The van der Waals surface area contributed by atoms with E-state index in [4.69, 9.17) is 34.7 Å². The Balaban J connectivity index is 0.000000209. The van der Waals surface area contributed by atoms with Crippen LogP contribution in [0.25, 0.3) is 11.0 Å². The summed E-state index contributed by atoms with van der Waals surface area (Å²) < 4.78 is 31.6. The number of rotatable bonds is 0. The number of aromatic nitrogens is 3. The van der Waals surface area contributed by atoms with Crippen molar-refractivity contribution in [3.8, 4) is 0 Å². The van der Waals surface area contributed by atoms with Gasteiger partial charge in [-0.2, -0.15) is 8.42 Å². The second-order valence-corrected chi connectivity index (χ2v) is 5.33. The summed E-state index contributed by atoms with van der Waals surface area (Å²) in [6.45, 7) is 0. The summed E-state index contributed by atoms with van der Waals surface area (Å²) in [6, 6.07) is 11.8. The van der Waals surface area contributed by atoms with E-state index in [1.807, 2.05) is 6.07 Å². The zero-order valence-electron chi connectivity index (χ0n) is 12.7. The van der Waals surface area contributed by atoms with Crippen molar-refractivity contribution in [3.63, 3.8) is 0 Å². The van der Waals surface area contributed by atoms with E-state index in [1.54, 1.807) is 30.3 Å². The first kappa shape index (κ1) is 19.8. The Morgan fingerprint density at radius 2 is 1.32 bits per heavy atom. The van der Waals surface area contributed by atoms with E-state index in [1.165, 1.54) is 6.07 Å². The summed E-state index contributed by atoms with van der Waals surface area (Å²) in [7, 11) is -4.67. The minimum Gasteiger partial charge on any atom is -0.384 e. The first-order valence-corrected chi connectivity index (χ1v) is 7.88. The van der Waals surface area contributed by atoms with Crippen molar-refractivity contribution < 1.29 is 17.5 Å². The summed E-state index contributed by atoms with van der Waals surface area (Å²) in [4.78, 5) is 21.1. The van der Waals surface area contributed by atoms with Crippen molar-refractivity contribution in [1.82, 2.24) is 15.0 Å². The first-order chi connectivity index (χ1) is 11.5. The van der Waals surface area contributed by atoms with E-state index in [2.05, 4.69) is 15.0 Å². The van der Waals surface area contributed by atoms with Crippen LogP contribution in [0, 0.1) is 0 Å². The van der Waals surface area contributed by atoms with Crippen LogP contribution >= 0.6 is 0 Å². The number of pyridine rings is 3. The van der Waals surface area contributed by atoms with Crippen molar-refractivity contribution in [2.75, 3.05) is 17.2 Å². The number of nitrogen functional groups attached to an aromatic ring is 3. The van der Waals surface area contributed by atoms with Crippen molar-refractivity contribution >= 4 is 38.9 Å². The van der Waals surface area contributed by atoms with Crippen LogP contribution in [0.15, 0.2) is 47.3 Å². The molecular weight excluding hydrogens is 352 g/mol. The Morgan fingerprint density at radius 1 is 0.840 bits per heavy atom. The highest BCUT2D eigenvalue weighted by molar-refractivity contribution is 7.79. The lowest BCUT2D eigenvalue weighted by Gasteiger charge is -1.96. The van der Waals surface area contributed by atoms with Gasteiger partial charge in [0.05, 0.1) is 0 Å². The number of fused-ring (bicyclic) bond motifs is 1. The molecule has 3 rings (SSSR count). The third-order valence-corrected chi connectivity index (χ3v) is 2.40. The second-order valence-electron chi connectivity index (χ2n) is 4.43. The largest absolute Gasteiger partial charge is 0.394 e. The molecule has 0 aromatic carbocycles. The Bertz CT molecular complexity index is 980. The maximum atomic E-state index is 10.9. The maximum absolute atomic E-state index is 10.9. The van der Waals surface area contributed by atoms with Gasteiger partial charge in [-0.1, -0.05) is 6.07 Å². The Morgan fingerprint density at radius 3 is 1.80 bits per heavy atom. The molecule has 0 aliphatic rings. The quantitative estimate of drug-likeness (QED) is 0.294. The normalized spacial score (nSPS) is 10.2.